The van der Waals surface area contributed by atoms with Crippen LogP contribution in [-0.2, 0) is 9.53 Å². The summed E-state index contributed by atoms with van der Waals surface area (Å²) in [6, 6.07) is 5.47. The molecular formula is C20H27NO4. The molecule has 0 saturated carbocycles. The number of hydrogen-bond acceptors (Lipinski definition) is 4. The number of rotatable bonds is 7. The van der Waals surface area contributed by atoms with Crippen LogP contribution in [0.15, 0.2) is 23.8 Å². The largest absolute Gasteiger partial charge is 0.483 e. The van der Waals surface area contributed by atoms with E-state index in [0.717, 1.165) is 23.3 Å². The Balaban J connectivity index is 1.86. The first-order valence-electron chi connectivity index (χ1n) is 8.79. The summed E-state index contributed by atoms with van der Waals surface area (Å²) < 4.78 is 10.8. The maximum absolute atomic E-state index is 12.3. The average Bonchev–Trinajstić information content (AvgIpc) is 2.55. The van der Waals surface area contributed by atoms with Crippen LogP contribution in [0.4, 0.5) is 0 Å². The van der Waals surface area contributed by atoms with Gasteiger partial charge in [0.05, 0.1) is 6.61 Å². The minimum absolute atomic E-state index is 0.116. The van der Waals surface area contributed by atoms with Gasteiger partial charge < -0.3 is 14.8 Å². The number of hydrogen-bond donors (Lipinski definition) is 1. The molecule has 2 rings (SSSR count). The molecule has 0 spiro atoms. The quantitative estimate of drug-likeness (QED) is 0.604. The highest BCUT2D eigenvalue weighted by Gasteiger charge is 2.27. The van der Waals surface area contributed by atoms with Gasteiger partial charge in [-0.25, -0.2) is 0 Å². The Morgan fingerprint density at radius 2 is 2.00 bits per heavy atom. The van der Waals surface area contributed by atoms with Crippen molar-refractivity contribution in [2.24, 2.45) is 0 Å². The molecule has 1 aliphatic rings. The maximum Gasteiger partial charge on any atom is 0.305 e. The van der Waals surface area contributed by atoms with Crippen LogP contribution in [-0.4, -0.2) is 30.6 Å². The van der Waals surface area contributed by atoms with E-state index in [0.29, 0.717) is 31.6 Å². The van der Waals surface area contributed by atoms with Gasteiger partial charge >= 0.3 is 5.97 Å². The fourth-order valence-electron chi connectivity index (χ4n) is 2.59. The van der Waals surface area contributed by atoms with Gasteiger partial charge in [-0.1, -0.05) is 0 Å². The van der Waals surface area contributed by atoms with Gasteiger partial charge in [0.25, 0.3) is 5.91 Å². The fourth-order valence-corrected chi connectivity index (χ4v) is 2.59. The van der Waals surface area contributed by atoms with Crippen molar-refractivity contribution in [1.29, 1.82) is 0 Å². The third-order valence-corrected chi connectivity index (χ3v) is 4.36. The molecule has 1 amide bonds. The zero-order chi connectivity index (χ0) is 18.4. The van der Waals surface area contributed by atoms with Gasteiger partial charge in [-0.3, -0.25) is 9.59 Å². The molecule has 1 N–H and O–H groups in total. The predicted molar refractivity (Wildman–Crippen MR) is 97.6 cm³/mol. The van der Waals surface area contributed by atoms with E-state index in [1.807, 2.05) is 32.9 Å². The molecule has 0 fully saturated rings. The second kappa shape index (κ2) is 8.19. The number of carbonyl (C=O) groups is 2. The topological polar surface area (TPSA) is 64.6 Å². The van der Waals surface area contributed by atoms with Crippen molar-refractivity contribution < 1.29 is 19.1 Å². The molecule has 5 nitrogen and oxygen atoms in total. The summed E-state index contributed by atoms with van der Waals surface area (Å²) in [7, 11) is 0. The molecule has 0 radical (unpaired) electrons. The number of fused-ring (bicyclic) bond motifs is 1. The number of esters is 1. The molecule has 0 unspecified atom stereocenters. The van der Waals surface area contributed by atoms with E-state index in [4.69, 9.17) is 9.47 Å². The van der Waals surface area contributed by atoms with Crippen molar-refractivity contribution >= 4 is 18.0 Å². The lowest BCUT2D eigenvalue weighted by molar-refractivity contribution is -0.143. The van der Waals surface area contributed by atoms with Crippen LogP contribution in [0.5, 0.6) is 5.75 Å². The van der Waals surface area contributed by atoms with Crippen molar-refractivity contribution in [1.82, 2.24) is 5.32 Å². The van der Waals surface area contributed by atoms with Crippen LogP contribution >= 0.6 is 0 Å². The molecule has 1 aliphatic heterocycles. The van der Waals surface area contributed by atoms with Crippen LogP contribution in [0, 0.1) is 0 Å². The Morgan fingerprint density at radius 1 is 1.24 bits per heavy atom. The number of carbonyl (C=O) groups excluding carboxylic acids is 2. The highest BCUT2D eigenvalue weighted by Crippen LogP contribution is 2.35. The second-order valence-corrected chi connectivity index (χ2v) is 6.71. The van der Waals surface area contributed by atoms with E-state index in [1.165, 1.54) is 0 Å². The molecule has 0 saturated heterocycles. The summed E-state index contributed by atoms with van der Waals surface area (Å²) in [6.07, 6.45) is 3.90. The molecule has 0 aliphatic carbocycles. The van der Waals surface area contributed by atoms with Gasteiger partial charge in [0, 0.05) is 24.1 Å². The Kier molecular flexibility index (Phi) is 6.23. The molecule has 1 aromatic carbocycles. The van der Waals surface area contributed by atoms with Crippen molar-refractivity contribution in [3.63, 3.8) is 0 Å². The van der Waals surface area contributed by atoms with Gasteiger partial charge in [0.1, 0.15) is 11.4 Å². The minimum atomic E-state index is -0.324. The van der Waals surface area contributed by atoms with Crippen LogP contribution in [0.1, 0.15) is 62.9 Å². The van der Waals surface area contributed by atoms with Gasteiger partial charge in [0.15, 0.2) is 0 Å². The zero-order valence-electron chi connectivity index (χ0n) is 15.5. The Labute approximate surface area is 149 Å². The van der Waals surface area contributed by atoms with E-state index in [2.05, 4.69) is 11.4 Å². The van der Waals surface area contributed by atoms with Crippen LogP contribution in [0.25, 0.3) is 6.08 Å². The summed E-state index contributed by atoms with van der Waals surface area (Å²) in [6.45, 7) is 8.81. The van der Waals surface area contributed by atoms with Crippen molar-refractivity contribution in [2.75, 3.05) is 13.2 Å². The van der Waals surface area contributed by atoms with Gasteiger partial charge in [-0.2, -0.15) is 0 Å². The molecule has 25 heavy (non-hydrogen) atoms. The van der Waals surface area contributed by atoms with Crippen LogP contribution in [0.3, 0.4) is 0 Å². The molecule has 0 bridgehead atoms. The molecule has 1 heterocycles. The summed E-state index contributed by atoms with van der Waals surface area (Å²) in [5, 5.41) is 2.89. The molecule has 0 atom stereocenters. The van der Waals surface area contributed by atoms with E-state index >= 15 is 0 Å². The molecule has 5 heteroatoms. The fraction of sp³-hybridized carbons (Fsp3) is 0.500. The van der Waals surface area contributed by atoms with Crippen molar-refractivity contribution in [3.8, 4) is 5.75 Å². The highest BCUT2D eigenvalue weighted by molar-refractivity contribution is 5.95. The first-order chi connectivity index (χ1) is 11.8. The van der Waals surface area contributed by atoms with Crippen molar-refractivity contribution in [2.45, 2.75) is 52.6 Å². The van der Waals surface area contributed by atoms with Gasteiger partial charge in [-0.05, 0) is 70.4 Å². The molecule has 136 valence electrons. The van der Waals surface area contributed by atoms with Crippen LogP contribution in [0.2, 0.25) is 0 Å². The Morgan fingerprint density at radius 3 is 2.72 bits per heavy atom. The third kappa shape index (κ3) is 5.08. The maximum atomic E-state index is 12.3. The number of amides is 1. The van der Waals surface area contributed by atoms with Gasteiger partial charge in [0.2, 0.25) is 0 Å². The number of unbranched alkanes of at least 4 members (excludes halogenated alkanes) is 1. The monoisotopic (exact) mass is 345 g/mol. The Hall–Kier alpha value is -2.30. The summed E-state index contributed by atoms with van der Waals surface area (Å²) in [4.78, 5) is 23.5. The molecule has 1 aromatic rings. The smallest absolute Gasteiger partial charge is 0.305 e. The lowest BCUT2D eigenvalue weighted by Gasteiger charge is -2.32. The molecule has 0 aromatic heterocycles. The number of ether oxygens (including phenoxy) is 2. The van der Waals surface area contributed by atoms with E-state index in [9.17, 15) is 9.59 Å². The van der Waals surface area contributed by atoms with E-state index in [-0.39, 0.29) is 17.5 Å². The third-order valence-electron chi connectivity index (χ3n) is 4.36. The first-order valence-corrected chi connectivity index (χ1v) is 8.79. The SMILES string of the molecule is CCOC(=O)CCCCNC(=O)c1ccc2c(c1)C=C(C)C(C)(C)O2. The van der Waals surface area contributed by atoms with E-state index in [1.54, 1.807) is 13.0 Å². The number of benzene rings is 1. The normalized spacial score (nSPS) is 14.8. The second-order valence-electron chi connectivity index (χ2n) is 6.71. The van der Waals surface area contributed by atoms with Crippen molar-refractivity contribution in [3.05, 3.63) is 34.9 Å². The average molecular weight is 345 g/mol. The van der Waals surface area contributed by atoms with Crippen LogP contribution < -0.4 is 10.1 Å². The van der Waals surface area contributed by atoms with E-state index < -0.39 is 0 Å². The minimum Gasteiger partial charge on any atom is -0.483 e. The van der Waals surface area contributed by atoms with Gasteiger partial charge in [-0.15, -0.1) is 0 Å². The summed E-state index contributed by atoms with van der Waals surface area (Å²) in [5.41, 5.74) is 2.33. The Bertz CT molecular complexity index is 676. The number of nitrogens with one attached hydrogen (secondary N) is 1. The first kappa shape index (κ1) is 19.0. The molecular weight excluding hydrogens is 318 g/mol. The summed E-state index contributed by atoms with van der Waals surface area (Å²) >= 11 is 0. The standard InChI is InChI=1S/C20H27NO4/c1-5-24-18(22)8-6-7-11-21-19(23)15-9-10-17-16(13-15)12-14(2)20(3,4)25-17/h9-10,12-13H,5-8,11H2,1-4H3,(H,21,23). The highest BCUT2D eigenvalue weighted by atomic mass is 16.5. The predicted octanol–water partition coefficient (Wildman–Crippen LogP) is 3.72. The lowest BCUT2D eigenvalue weighted by atomic mass is 9.93. The lowest BCUT2D eigenvalue weighted by Crippen LogP contribution is -2.32. The summed E-state index contributed by atoms with van der Waals surface area (Å²) in [5.74, 6) is 0.491. The zero-order valence-corrected chi connectivity index (χ0v) is 15.5.